The number of rotatable bonds is 11. The van der Waals surface area contributed by atoms with Crippen LogP contribution in [0, 0.1) is 40.8 Å². The Morgan fingerprint density at radius 1 is 0.660 bits per heavy atom. The smallest absolute Gasteiger partial charge is 0.429 e. The van der Waals surface area contributed by atoms with E-state index in [0.29, 0.717) is 31.4 Å². The second-order valence-electron chi connectivity index (χ2n) is 11.5. The van der Waals surface area contributed by atoms with Crippen molar-refractivity contribution in [1.29, 1.82) is 0 Å². The van der Waals surface area contributed by atoms with Gasteiger partial charge in [-0.1, -0.05) is 32.3 Å². The van der Waals surface area contributed by atoms with E-state index < -0.39 is 87.4 Å². The Morgan fingerprint density at radius 2 is 1.28 bits per heavy atom. The van der Waals surface area contributed by atoms with Crippen LogP contribution in [0.5, 0.6) is 11.5 Å². The third-order valence-corrected chi connectivity index (χ3v) is 7.80. The summed E-state index contributed by atoms with van der Waals surface area (Å²) in [6.07, 6.45) is -7.19. The molecule has 1 aliphatic rings. The molecule has 0 spiro atoms. The van der Waals surface area contributed by atoms with Crippen LogP contribution in [0.2, 0.25) is 0 Å². The maximum atomic E-state index is 15.1. The standard InChI is InChI=1S/C35H27F11O4/c1-2-3-4-5-18-16-47-33(48-17-18)21-13-26(38)31(27(39)14-21)20-11-28(40)32(29(41)12-20)34(42,43)49-22-7-8-23(24(36)15-22)19-6-9-30(25(37)10-19)50-35(44,45)46/h6-15,18,33H,2-5,16-17H2,1H3. The highest BCUT2D eigenvalue weighted by molar-refractivity contribution is 5.67. The topological polar surface area (TPSA) is 36.9 Å². The second-order valence-corrected chi connectivity index (χ2v) is 11.5. The Hall–Kier alpha value is -4.37. The Bertz CT molecular complexity index is 1790. The van der Waals surface area contributed by atoms with Crippen molar-refractivity contribution in [2.24, 2.45) is 5.92 Å². The normalized spacial score (nSPS) is 16.8. The molecule has 0 amide bonds. The minimum absolute atomic E-state index is 0.0378. The van der Waals surface area contributed by atoms with Gasteiger partial charge in [0.05, 0.1) is 18.8 Å². The summed E-state index contributed by atoms with van der Waals surface area (Å²) < 4.78 is 176. The Kier molecular flexibility index (Phi) is 11.0. The molecule has 268 valence electrons. The van der Waals surface area contributed by atoms with Crippen LogP contribution in [0.3, 0.4) is 0 Å². The molecule has 5 rings (SSSR count). The van der Waals surface area contributed by atoms with E-state index in [9.17, 15) is 22.0 Å². The first-order valence-corrected chi connectivity index (χ1v) is 15.2. The lowest BCUT2D eigenvalue weighted by Crippen LogP contribution is -2.27. The fourth-order valence-electron chi connectivity index (χ4n) is 5.45. The summed E-state index contributed by atoms with van der Waals surface area (Å²) in [4.78, 5) is 0. The third-order valence-electron chi connectivity index (χ3n) is 7.80. The monoisotopic (exact) mass is 720 g/mol. The lowest BCUT2D eigenvalue weighted by atomic mass is 9.99. The molecule has 0 bridgehead atoms. The van der Waals surface area contributed by atoms with Gasteiger partial charge in [0.2, 0.25) is 0 Å². The van der Waals surface area contributed by atoms with E-state index in [0.717, 1.165) is 56.0 Å². The third kappa shape index (κ3) is 8.49. The van der Waals surface area contributed by atoms with E-state index in [2.05, 4.69) is 16.4 Å². The molecule has 1 saturated heterocycles. The first-order valence-electron chi connectivity index (χ1n) is 15.2. The van der Waals surface area contributed by atoms with Crippen LogP contribution in [-0.2, 0) is 15.6 Å². The summed E-state index contributed by atoms with van der Waals surface area (Å²) in [7, 11) is 0. The lowest BCUT2D eigenvalue weighted by Gasteiger charge is -2.30. The maximum Gasteiger partial charge on any atom is 0.573 e. The molecule has 0 N–H and O–H groups in total. The molecular weight excluding hydrogens is 693 g/mol. The van der Waals surface area contributed by atoms with Crippen LogP contribution >= 0.6 is 0 Å². The highest BCUT2D eigenvalue weighted by Crippen LogP contribution is 2.40. The highest BCUT2D eigenvalue weighted by Gasteiger charge is 2.42. The predicted octanol–water partition coefficient (Wildman–Crippen LogP) is 11.1. The first-order chi connectivity index (χ1) is 23.6. The van der Waals surface area contributed by atoms with Gasteiger partial charge >= 0.3 is 12.5 Å². The lowest BCUT2D eigenvalue weighted by molar-refractivity contribution is -0.275. The first kappa shape index (κ1) is 36.9. The molecule has 0 saturated carbocycles. The van der Waals surface area contributed by atoms with Crippen LogP contribution in [0.25, 0.3) is 22.3 Å². The van der Waals surface area contributed by atoms with Gasteiger partial charge in [0.15, 0.2) is 17.9 Å². The molecule has 1 heterocycles. The summed E-state index contributed by atoms with van der Waals surface area (Å²) >= 11 is 0. The molecule has 0 atom stereocenters. The molecule has 15 heteroatoms. The fourth-order valence-corrected chi connectivity index (χ4v) is 5.45. The van der Waals surface area contributed by atoms with Gasteiger partial charge in [-0.05, 0) is 66.1 Å². The van der Waals surface area contributed by atoms with E-state index in [-0.39, 0.29) is 29.2 Å². The van der Waals surface area contributed by atoms with Crippen molar-refractivity contribution in [3.8, 4) is 33.8 Å². The minimum Gasteiger partial charge on any atom is -0.429 e. The predicted molar refractivity (Wildman–Crippen MR) is 157 cm³/mol. The van der Waals surface area contributed by atoms with Crippen molar-refractivity contribution in [3.05, 3.63) is 107 Å². The molecule has 50 heavy (non-hydrogen) atoms. The molecule has 4 aromatic carbocycles. The summed E-state index contributed by atoms with van der Waals surface area (Å²) in [5, 5.41) is 0. The molecule has 4 nitrogen and oxygen atoms in total. The van der Waals surface area contributed by atoms with Crippen molar-refractivity contribution in [1.82, 2.24) is 0 Å². The van der Waals surface area contributed by atoms with Crippen LogP contribution in [0.4, 0.5) is 48.3 Å². The highest BCUT2D eigenvalue weighted by atomic mass is 19.4. The number of hydrogen-bond donors (Lipinski definition) is 0. The van der Waals surface area contributed by atoms with Crippen molar-refractivity contribution in [2.75, 3.05) is 13.2 Å². The number of alkyl halides is 5. The van der Waals surface area contributed by atoms with Gasteiger partial charge in [0, 0.05) is 23.1 Å². The van der Waals surface area contributed by atoms with E-state index in [1.54, 1.807) is 0 Å². The van der Waals surface area contributed by atoms with Gasteiger partial charge in [-0.2, -0.15) is 8.78 Å². The quantitative estimate of drug-likeness (QED) is 0.114. The van der Waals surface area contributed by atoms with E-state index in [1.165, 1.54) is 0 Å². The Morgan fingerprint density at radius 3 is 1.84 bits per heavy atom. The number of halogens is 11. The van der Waals surface area contributed by atoms with Gasteiger partial charge < -0.3 is 18.9 Å². The number of benzene rings is 4. The molecule has 0 aromatic heterocycles. The van der Waals surface area contributed by atoms with E-state index in [4.69, 9.17) is 9.47 Å². The summed E-state index contributed by atoms with van der Waals surface area (Å²) in [6, 6.07) is 6.08. The number of hydrogen-bond acceptors (Lipinski definition) is 4. The molecule has 0 unspecified atom stereocenters. The summed E-state index contributed by atoms with van der Waals surface area (Å²) in [6.45, 7) is 2.65. The van der Waals surface area contributed by atoms with Gasteiger partial charge in [-0.25, -0.2) is 26.3 Å². The molecule has 1 fully saturated rings. The van der Waals surface area contributed by atoms with Crippen molar-refractivity contribution >= 4 is 0 Å². The Labute approximate surface area is 278 Å². The second kappa shape index (κ2) is 14.9. The summed E-state index contributed by atoms with van der Waals surface area (Å²) in [5.74, 6) is -11.3. The zero-order chi connectivity index (χ0) is 36.4. The number of ether oxygens (including phenoxy) is 4. The van der Waals surface area contributed by atoms with Crippen LogP contribution in [0.1, 0.15) is 50.0 Å². The fraction of sp³-hybridized carbons (Fsp3) is 0.314. The van der Waals surface area contributed by atoms with Crippen LogP contribution in [0.15, 0.2) is 60.7 Å². The van der Waals surface area contributed by atoms with Crippen molar-refractivity contribution < 1.29 is 67.2 Å². The van der Waals surface area contributed by atoms with Gasteiger partial charge in [-0.3, -0.25) is 0 Å². The van der Waals surface area contributed by atoms with Crippen LogP contribution < -0.4 is 9.47 Å². The van der Waals surface area contributed by atoms with Crippen molar-refractivity contribution in [2.45, 2.75) is 51.4 Å². The van der Waals surface area contributed by atoms with Crippen molar-refractivity contribution in [3.63, 3.8) is 0 Å². The number of unbranched alkanes of at least 4 members (excludes halogenated alkanes) is 2. The molecular formula is C35H27F11O4. The SMILES string of the molecule is CCCCCC1COC(c2cc(F)c(-c3cc(F)c(C(F)(F)Oc4ccc(-c5ccc(OC(F)(F)F)c(F)c5)c(F)c4)c(F)c3)c(F)c2)OC1. The Balaban J connectivity index is 1.32. The minimum atomic E-state index is -5.20. The molecule has 0 radical (unpaired) electrons. The zero-order valence-electron chi connectivity index (χ0n) is 26.0. The molecule has 1 aliphatic heterocycles. The molecule has 4 aromatic rings. The largest absolute Gasteiger partial charge is 0.573 e. The van der Waals surface area contributed by atoms with Gasteiger partial charge in [0.25, 0.3) is 0 Å². The van der Waals surface area contributed by atoms with E-state index >= 15 is 26.3 Å². The average molecular weight is 721 g/mol. The van der Waals surface area contributed by atoms with Gasteiger partial charge in [-0.15, -0.1) is 13.2 Å². The summed E-state index contributed by atoms with van der Waals surface area (Å²) in [5.41, 5.74) is -4.42. The van der Waals surface area contributed by atoms with E-state index in [1.807, 2.05) is 0 Å². The maximum absolute atomic E-state index is 15.1. The van der Waals surface area contributed by atoms with Gasteiger partial charge in [0.1, 0.15) is 40.4 Å². The van der Waals surface area contributed by atoms with Crippen LogP contribution in [-0.4, -0.2) is 19.6 Å². The average Bonchev–Trinajstić information content (AvgIpc) is 3.01. The molecule has 0 aliphatic carbocycles. The zero-order valence-corrected chi connectivity index (χ0v) is 26.0.